The van der Waals surface area contributed by atoms with E-state index < -0.39 is 4.83 Å². The lowest BCUT2D eigenvalue weighted by atomic mass is 9.99. The summed E-state index contributed by atoms with van der Waals surface area (Å²) in [6, 6.07) is 6.89. The van der Waals surface area contributed by atoms with Gasteiger partial charge in [0.25, 0.3) is 0 Å². The summed E-state index contributed by atoms with van der Waals surface area (Å²) in [6.07, 6.45) is 1.55. The van der Waals surface area contributed by atoms with Crippen molar-refractivity contribution in [3.63, 3.8) is 0 Å². The van der Waals surface area contributed by atoms with Crippen LogP contribution in [0.25, 0.3) is 10.9 Å². The van der Waals surface area contributed by atoms with Gasteiger partial charge < -0.3 is 9.72 Å². The zero-order valence-corrected chi connectivity index (χ0v) is 16.3. The van der Waals surface area contributed by atoms with Crippen molar-refractivity contribution in [3.8, 4) is 5.75 Å². The molecule has 0 amide bonds. The number of ketones is 1. The van der Waals surface area contributed by atoms with Gasteiger partial charge in [-0.15, -0.1) is 0 Å². The zero-order chi connectivity index (χ0) is 18.3. The molecule has 3 aromatic rings. The Hall–Kier alpha value is -1.85. The van der Waals surface area contributed by atoms with Gasteiger partial charge in [0.2, 0.25) is 0 Å². The van der Waals surface area contributed by atoms with Gasteiger partial charge in [-0.25, -0.2) is 4.39 Å². The third kappa shape index (κ3) is 3.07. The second kappa shape index (κ2) is 6.81. The number of Topliss-reactive ketones (excluding diaryl/α,β-unsaturated/α-hetero) is 1. The summed E-state index contributed by atoms with van der Waals surface area (Å²) in [6.45, 7) is 3.55. The summed E-state index contributed by atoms with van der Waals surface area (Å²) in [4.78, 5) is 15.3. The van der Waals surface area contributed by atoms with Crippen molar-refractivity contribution in [2.75, 3.05) is 7.11 Å². The number of hydrogen-bond acceptors (Lipinski definition) is 2. The minimum absolute atomic E-state index is 0.256. The van der Waals surface area contributed by atoms with E-state index in [0.717, 1.165) is 5.56 Å². The molecule has 1 N–H and O–H groups in total. The number of nitrogens with one attached hydrogen (secondary N) is 1. The quantitative estimate of drug-likeness (QED) is 0.418. The number of H-pyrrole nitrogens is 1. The number of aromatic amines is 1. The van der Waals surface area contributed by atoms with Crippen molar-refractivity contribution in [1.29, 1.82) is 0 Å². The number of rotatable bonds is 4. The summed E-state index contributed by atoms with van der Waals surface area (Å²) in [5.74, 6) is -0.133. The van der Waals surface area contributed by atoms with Crippen molar-refractivity contribution in [3.05, 3.63) is 63.6 Å². The first-order valence-electron chi connectivity index (χ1n) is 7.63. The highest BCUT2D eigenvalue weighted by molar-refractivity contribution is 9.09. The Bertz CT molecular complexity index is 983. The first-order valence-corrected chi connectivity index (χ1v) is 8.93. The lowest BCUT2D eigenvalue weighted by Gasteiger charge is -2.14. The summed E-state index contributed by atoms with van der Waals surface area (Å²) >= 11 is 9.40. The standard InChI is InChI=1S/C19H16BrClFNO2/c1-9-6-14-16(18(22)10(9)2)13(8-23-14)19(24)17(20)12-5-4-11(21)7-15(12)25-3/h4-8,17,23H,1-3H3. The van der Waals surface area contributed by atoms with Crippen LogP contribution in [0.3, 0.4) is 0 Å². The fourth-order valence-corrected chi connectivity index (χ4v) is 3.63. The number of ether oxygens (including phenoxy) is 1. The third-order valence-corrected chi connectivity index (χ3v) is 5.52. The normalized spacial score (nSPS) is 12.4. The number of aromatic nitrogens is 1. The third-order valence-electron chi connectivity index (χ3n) is 4.38. The molecule has 1 unspecified atom stereocenters. The van der Waals surface area contributed by atoms with Crippen LogP contribution in [-0.4, -0.2) is 17.9 Å². The predicted molar refractivity (Wildman–Crippen MR) is 102 cm³/mol. The Morgan fingerprint density at radius 1 is 1.32 bits per heavy atom. The average Bonchev–Trinajstić information content (AvgIpc) is 3.02. The molecule has 0 spiro atoms. The van der Waals surface area contributed by atoms with Gasteiger partial charge in [0.1, 0.15) is 16.4 Å². The first kappa shape index (κ1) is 18.0. The van der Waals surface area contributed by atoms with Gasteiger partial charge >= 0.3 is 0 Å². The molecule has 130 valence electrons. The number of alkyl halides is 1. The van der Waals surface area contributed by atoms with E-state index >= 15 is 0 Å². The van der Waals surface area contributed by atoms with E-state index in [0.29, 0.717) is 38.4 Å². The zero-order valence-electron chi connectivity index (χ0n) is 13.9. The average molecular weight is 425 g/mol. The van der Waals surface area contributed by atoms with E-state index in [1.165, 1.54) is 7.11 Å². The highest BCUT2D eigenvalue weighted by Crippen LogP contribution is 2.37. The Labute approximate surface area is 158 Å². The van der Waals surface area contributed by atoms with Crippen LogP contribution in [0.2, 0.25) is 5.02 Å². The van der Waals surface area contributed by atoms with Crippen molar-refractivity contribution in [2.24, 2.45) is 0 Å². The lowest BCUT2D eigenvalue weighted by Crippen LogP contribution is -2.08. The van der Waals surface area contributed by atoms with Gasteiger partial charge in [0.15, 0.2) is 5.78 Å². The van der Waals surface area contributed by atoms with Crippen molar-refractivity contribution in [2.45, 2.75) is 18.7 Å². The largest absolute Gasteiger partial charge is 0.496 e. The van der Waals surface area contributed by atoms with Gasteiger partial charge in [0, 0.05) is 33.2 Å². The molecule has 0 saturated carbocycles. The van der Waals surface area contributed by atoms with Crippen LogP contribution in [0.1, 0.15) is 31.9 Å². The first-order chi connectivity index (χ1) is 11.8. The summed E-state index contributed by atoms with van der Waals surface area (Å²) in [5, 5.41) is 0.822. The van der Waals surface area contributed by atoms with Crippen molar-refractivity contribution in [1.82, 2.24) is 4.98 Å². The second-order valence-electron chi connectivity index (χ2n) is 5.87. The van der Waals surface area contributed by atoms with Gasteiger partial charge in [0.05, 0.1) is 7.11 Å². The summed E-state index contributed by atoms with van der Waals surface area (Å²) < 4.78 is 20.1. The number of benzene rings is 2. The van der Waals surface area contributed by atoms with Crippen LogP contribution in [0.15, 0.2) is 30.5 Å². The Morgan fingerprint density at radius 3 is 2.72 bits per heavy atom. The van der Waals surface area contributed by atoms with E-state index in [1.54, 1.807) is 31.3 Å². The molecular weight excluding hydrogens is 409 g/mol. The number of carbonyl (C=O) groups is 1. The molecule has 0 bridgehead atoms. The molecule has 0 aliphatic rings. The molecule has 2 aromatic carbocycles. The van der Waals surface area contributed by atoms with Crippen molar-refractivity contribution >= 4 is 44.2 Å². The molecule has 1 heterocycles. The van der Waals surface area contributed by atoms with Gasteiger partial charge in [-0.05, 0) is 43.2 Å². The van der Waals surface area contributed by atoms with Crippen molar-refractivity contribution < 1.29 is 13.9 Å². The van der Waals surface area contributed by atoms with Crippen LogP contribution in [0.5, 0.6) is 5.75 Å². The topological polar surface area (TPSA) is 42.1 Å². The van der Waals surface area contributed by atoms with Gasteiger partial charge in [-0.2, -0.15) is 0 Å². The minimum atomic E-state index is -0.681. The predicted octanol–water partition coefficient (Wildman–Crippen LogP) is 5.90. The molecule has 1 aromatic heterocycles. The second-order valence-corrected chi connectivity index (χ2v) is 7.22. The highest BCUT2D eigenvalue weighted by atomic mass is 79.9. The van der Waals surface area contributed by atoms with Crippen LogP contribution in [-0.2, 0) is 0 Å². The number of methoxy groups -OCH3 is 1. The number of aryl methyl sites for hydroxylation is 1. The molecule has 0 radical (unpaired) electrons. The van der Waals surface area contributed by atoms with Crippen LogP contribution >= 0.6 is 27.5 Å². The number of halogens is 3. The monoisotopic (exact) mass is 423 g/mol. The maximum absolute atomic E-state index is 14.7. The molecule has 0 fully saturated rings. The number of hydrogen-bond donors (Lipinski definition) is 1. The number of fused-ring (bicyclic) bond motifs is 1. The SMILES string of the molecule is COc1cc(Cl)ccc1C(Br)C(=O)c1c[nH]c2cc(C)c(C)c(F)c12. The molecule has 1 atom stereocenters. The van der Waals surface area contributed by atoms with E-state index in [9.17, 15) is 9.18 Å². The fraction of sp³-hybridized carbons (Fsp3) is 0.211. The summed E-state index contributed by atoms with van der Waals surface area (Å²) in [5.41, 5.74) is 2.91. The Kier molecular flexibility index (Phi) is 4.89. The van der Waals surface area contributed by atoms with Crippen LogP contribution in [0, 0.1) is 19.7 Å². The van der Waals surface area contributed by atoms with E-state index in [1.807, 2.05) is 13.0 Å². The minimum Gasteiger partial charge on any atom is -0.496 e. The molecule has 0 saturated heterocycles. The van der Waals surface area contributed by atoms with Crippen LogP contribution < -0.4 is 4.74 Å². The molecule has 0 aliphatic heterocycles. The Balaban J connectivity index is 2.10. The van der Waals surface area contributed by atoms with E-state index in [-0.39, 0.29) is 11.6 Å². The Morgan fingerprint density at radius 2 is 2.04 bits per heavy atom. The van der Waals surface area contributed by atoms with Gasteiger partial charge in [-0.3, -0.25) is 4.79 Å². The fourth-order valence-electron chi connectivity index (χ4n) is 2.84. The molecule has 0 aliphatic carbocycles. The summed E-state index contributed by atoms with van der Waals surface area (Å²) in [7, 11) is 1.51. The molecule has 25 heavy (non-hydrogen) atoms. The molecule has 3 nitrogen and oxygen atoms in total. The van der Waals surface area contributed by atoms with Crippen LogP contribution in [0.4, 0.5) is 4.39 Å². The number of carbonyl (C=O) groups excluding carboxylic acids is 1. The van der Waals surface area contributed by atoms with E-state index in [2.05, 4.69) is 20.9 Å². The molecule has 3 rings (SSSR count). The molecular formula is C19H16BrClFNO2. The van der Waals surface area contributed by atoms with E-state index in [4.69, 9.17) is 16.3 Å². The lowest BCUT2D eigenvalue weighted by molar-refractivity contribution is 0.0992. The maximum Gasteiger partial charge on any atom is 0.183 e. The maximum atomic E-state index is 14.7. The van der Waals surface area contributed by atoms with Gasteiger partial charge in [-0.1, -0.05) is 33.6 Å². The smallest absolute Gasteiger partial charge is 0.183 e. The highest BCUT2D eigenvalue weighted by Gasteiger charge is 2.26. The molecule has 6 heteroatoms.